The number of oxazole rings is 1. The smallest absolute Gasteiger partial charge is 0.232 e. The van der Waals surface area contributed by atoms with Crippen LogP contribution < -0.4 is 5.32 Å². The first kappa shape index (κ1) is 12.2. The van der Waals surface area contributed by atoms with Gasteiger partial charge in [-0.1, -0.05) is 42.5 Å². The van der Waals surface area contributed by atoms with Crippen LogP contribution in [0.4, 0.5) is 5.88 Å². The Balaban J connectivity index is 1.89. The fourth-order valence-corrected chi connectivity index (χ4v) is 2.24. The first-order valence-corrected chi connectivity index (χ1v) is 6.36. The number of nitriles is 1. The van der Waals surface area contributed by atoms with E-state index < -0.39 is 0 Å². The zero-order valence-corrected chi connectivity index (χ0v) is 11.1. The molecule has 1 heterocycles. The molecule has 2 aromatic carbocycles. The molecule has 0 bridgehead atoms. The molecule has 0 spiro atoms. The highest BCUT2D eigenvalue weighted by molar-refractivity contribution is 5.85. The topological polar surface area (TPSA) is 61.9 Å². The number of aryl methyl sites for hydroxylation is 1. The van der Waals surface area contributed by atoms with Gasteiger partial charge in [-0.2, -0.15) is 5.26 Å². The predicted molar refractivity (Wildman–Crippen MR) is 77.2 cm³/mol. The van der Waals surface area contributed by atoms with Gasteiger partial charge in [-0.15, -0.1) is 0 Å². The monoisotopic (exact) mass is 263 g/mol. The number of aromatic nitrogens is 1. The number of nitrogens with one attached hydrogen (secondary N) is 1. The maximum atomic E-state index is 8.99. The molecule has 4 nitrogen and oxygen atoms in total. The lowest BCUT2D eigenvalue weighted by molar-refractivity contribution is 0.532. The van der Waals surface area contributed by atoms with E-state index in [1.54, 1.807) is 6.92 Å². The molecule has 3 rings (SSSR count). The van der Waals surface area contributed by atoms with Gasteiger partial charge in [-0.05, 0) is 16.3 Å². The number of rotatable bonds is 3. The molecular weight excluding hydrogens is 250 g/mol. The Morgan fingerprint density at radius 1 is 1.20 bits per heavy atom. The summed E-state index contributed by atoms with van der Waals surface area (Å²) in [5, 5.41) is 14.5. The third kappa shape index (κ3) is 2.21. The SMILES string of the molecule is Cc1nc(C#N)c(NCc2cccc3ccccc23)o1. The van der Waals surface area contributed by atoms with Gasteiger partial charge in [0.05, 0.1) is 0 Å². The van der Waals surface area contributed by atoms with Crippen molar-refractivity contribution in [2.24, 2.45) is 0 Å². The largest absolute Gasteiger partial charge is 0.424 e. The Hall–Kier alpha value is -2.80. The second kappa shape index (κ2) is 5.06. The van der Waals surface area contributed by atoms with Crippen molar-refractivity contribution in [2.45, 2.75) is 13.5 Å². The van der Waals surface area contributed by atoms with E-state index in [9.17, 15) is 0 Å². The zero-order chi connectivity index (χ0) is 13.9. The van der Waals surface area contributed by atoms with Crippen molar-refractivity contribution in [3.05, 3.63) is 59.6 Å². The Kier molecular flexibility index (Phi) is 3.10. The van der Waals surface area contributed by atoms with Gasteiger partial charge in [0.1, 0.15) is 6.07 Å². The quantitative estimate of drug-likeness (QED) is 0.784. The van der Waals surface area contributed by atoms with Crippen molar-refractivity contribution in [3.8, 4) is 6.07 Å². The number of hydrogen-bond donors (Lipinski definition) is 1. The third-order valence-corrected chi connectivity index (χ3v) is 3.16. The molecule has 0 saturated carbocycles. The normalized spacial score (nSPS) is 10.4. The maximum absolute atomic E-state index is 8.99. The van der Waals surface area contributed by atoms with Crippen LogP contribution in [-0.4, -0.2) is 4.98 Å². The van der Waals surface area contributed by atoms with E-state index in [4.69, 9.17) is 9.68 Å². The van der Waals surface area contributed by atoms with Gasteiger partial charge in [0.15, 0.2) is 5.89 Å². The lowest BCUT2D eigenvalue weighted by Crippen LogP contribution is -2.00. The van der Waals surface area contributed by atoms with Crippen LogP contribution in [0.15, 0.2) is 46.9 Å². The van der Waals surface area contributed by atoms with Gasteiger partial charge >= 0.3 is 0 Å². The van der Waals surface area contributed by atoms with Crippen LogP contribution in [0.25, 0.3) is 10.8 Å². The van der Waals surface area contributed by atoms with Crippen LogP contribution in [-0.2, 0) is 6.54 Å². The molecule has 1 N–H and O–H groups in total. The van der Waals surface area contributed by atoms with Gasteiger partial charge in [-0.3, -0.25) is 0 Å². The Labute approximate surface area is 116 Å². The number of benzene rings is 2. The molecule has 0 aliphatic carbocycles. The summed E-state index contributed by atoms with van der Waals surface area (Å²) in [4.78, 5) is 4.01. The predicted octanol–water partition coefficient (Wildman–Crippen LogP) is 3.62. The van der Waals surface area contributed by atoms with E-state index in [0.29, 0.717) is 24.0 Å². The summed E-state index contributed by atoms with van der Waals surface area (Å²) < 4.78 is 5.39. The van der Waals surface area contributed by atoms with Crippen molar-refractivity contribution < 1.29 is 4.42 Å². The van der Waals surface area contributed by atoms with Crippen molar-refractivity contribution in [1.82, 2.24) is 4.98 Å². The second-order valence-corrected chi connectivity index (χ2v) is 4.51. The van der Waals surface area contributed by atoms with Crippen LogP contribution in [0, 0.1) is 18.3 Å². The van der Waals surface area contributed by atoms with Gasteiger partial charge in [-0.25, -0.2) is 4.98 Å². The Morgan fingerprint density at radius 2 is 2.00 bits per heavy atom. The average Bonchev–Trinajstić information content (AvgIpc) is 2.85. The lowest BCUT2D eigenvalue weighted by Gasteiger charge is -2.07. The first-order chi connectivity index (χ1) is 9.78. The molecule has 0 atom stereocenters. The summed E-state index contributed by atoms with van der Waals surface area (Å²) >= 11 is 0. The maximum Gasteiger partial charge on any atom is 0.232 e. The number of nitrogens with zero attached hydrogens (tertiary/aromatic N) is 2. The summed E-state index contributed by atoms with van der Waals surface area (Å²) in [5.74, 6) is 0.917. The highest BCUT2D eigenvalue weighted by Crippen LogP contribution is 2.21. The van der Waals surface area contributed by atoms with E-state index in [1.165, 1.54) is 10.8 Å². The Morgan fingerprint density at radius 3 is 2.85 bits per heavy atom. The summed E-state index contributed by atoms with van der Waals surface area (Å²) in [7, 11) is 0. The standard InChI is InChI=1S/C16H13N3O/c1-11-19-15(9-17)16(20-11)18-10-13-7-4-6-12-5-2-3-8-14(12)13/h2-8,18H,10H2,1H3. The number of fused-ring (bicyclic) bond motifs is 1. The molecule has 0 aliphatic heterocycles. The molecule has 0 saturated heterocycles. The lowest BCUT2D eigenvalue weighted by atomic mass is 10.0. The molecule has 4 heteroatoms. The van der Waals surface area contributed by atoms with Crippen molar-refractivity contribution in [1.29, 1.82) is 5.26 Å². The molecule has 0 unspecified atom stereocenters. The summed E-state index contributed by atoms with van der Waals surface area (Å²) in [6, 6.07) is 16.4. The Bertz CT molecular complexity index is 794. The van der Waals surface area contributed by atoms with E-state index in [0.717, 1.165) is 5.56 Å². The van der Waals surface area contributed by atoms with E-state index in [1.807, 2.05) is 24.3 Å². The van der Waals surface area contributed by atoms with Crippen molar-refractivity contribution in [3.63, 3.8) is 0 Å². The van der Waals surface area contributed by atoms with Gasteiger partial charge in [0, 0.05) is 13.5 Å². The van der Waals surface area contributed by atoms with E-state index in [2.05, 4.69) is 34.6 Å². The third-order valence-electron chi connectivity index (χ3n) is 3.16. The molecule has 98 valence electrons. The fraction of sp³-hybridized carbons (Fsp3) is 0.125. The molecule has 1 aromatic heterocycles. The first-order valence-electron chi connectivity index (χ1n) is 6.36. The minimum Gasteiger partial charge on any atom is -0.424 e. The zero-order valence-electron chi connectivity index (χ0n) is 11.1. The molecule has 0 amide bonds. The van der Waals surface area contributed by atoms with Crippen molar-refractivity contribution in [2.75, 3.05) is 5.32 Å². The molecular formula is C16H13N3O. The molecule has 20 heavy (non-hydrogen) atoms. The fourth-order valence-electron chi connectivity index (χ4n) is 2.24. The van der Waals surface area contributed by atoms with Gasteiger partial charge in [0.25, 0.3) is 0 Å². The average molecular weight is 263 g/mol. The van der Waals surface area contributed by atoms with Crippen LogP contribution in [0.3, 0.4) is 0 Å². The minimum atomic E-state index is 0.294. The van der Waals surface area contributed by atoms with Gasteiger partial charge in [0.2, 0.25) is 11.6 Å². The van der Waals surface area contributed by atoms with Crippen LogP contribution >= 0.6 is 0 Å². The minimum absolute atomic E-state index is 0.294. The van der Waals surface area contributed by atoms with Crippen LogP contribution in [0.2, 0.25) is 0 Å². The highest BCUT2D eigenvalue weighted by Gasteiger charge is 2.10. The molecule has 0 fully saturated rings. The summed E-state index contributed by atoms with van der Waals surface area (Å²) in [5.41, 5.74) is 1.45. The van der Waals surface area contributed by atoms with Gasteiger partial charge < -0.3 is 9.73 Å². The van der Waals surface area contributed by atoms with Crippen LogP contribution in [0.1, 0.15) is 17.1 Å². The summed E-state index contributed by atoms with van der Waals surface area (Å²) in [6.45, 7) is 2.31. The van der Waals surface area contributed by atoms with Crippen LogP contribution in [0.5, 0.6) is 0 Å². The van der Waals surface area contributed by atoms with Crippen molar-refractivity contribution >= 4 is 16.7 Å². The molecule has 3 aromatic rings. The molecule has 0 radical (unpaired) electrons. The second-order valence-electron chi connectivity index (χ2n) is 4.51. The number of anilines is 1. The highest BCUT2D eigenvalue weighted by atomic mass is 16.4. The summed E-state index contributed by atoms with van der Waals surface area (Å²) in [6.07, 6.45) is 0. The molecule has 0 aliphatic rings. The number of hydrogen-bond acceptors (Lipinski definition) is 4. The van der Waals surface area contributed by atoms with E-state index >= 15 is 0 Å². The van der Waals surface area contributed by atoms with E-state index in [-0.39, 0.29) is 0 Å².